The third-order valence-corrected chi connectivity index (χ3v) is 3.35. The number of hydrogen-bond donors (Lipinski definition) is 0. The molecule has 0 N–H and O–H groups in total. The van der Waals surface area contributed by atoms with Crippen LogP contribution < -0.4 is 0 Å². The number of nitriles is 1. The number of benzene rings is 1. The van der Waals surface area contributed by atoms with Crippen LogP contribution >= 0.6 is 11.3 Å². The first kappa shape index (κ1) is 11.6. The SMILES string of the molecule is Cc1ccc(C=C(C#N)c2nc(C)cs2)cc1. The Hall–Kier alpha value is -1.92. The molecule has 0 unspecified atom stereocenters. The van der Waals surface area contributed by atoms with E-state index >= 15 is 0 Å². The topological polar surface area (TPSA) is 36.7 Å². The molecule has 0 saturated carbocycles. The molecule has 1 aromatic heterocycles. The molecule has 2 aromatic rings. The molecule has 0 aliphatic heterocycles. The summed E-state index contributed by atoms with van der Waals surface area (Å²) in [5, 5.41) is 11.9. The fourth-order valence-corrected chi connectivity index (χ4v) is 2.21. The molecule has 0 aliphatic carbocycles. The van der Waals surface area contributed by atoms with Crippen LogP contribution in [0.25, 0.3) is 11.6 Å². The average molecular weight is 240 g/mol. The Bertz CT molecular complexity index is 585. The largest absolute Gasteiger partial charge is 0.241 e. The summed E-state index contributed by atoms with van der Waals surface area (Å²) in [6, 6.07) is 10.3. The van der Waals surface area contributed by atoms with Gasteiger partial charge in [0, 0.05) is 11.1 Å². The van der Waals surface area contributed by atoms with E-state index in [9.17, 15) is 0 Å². The van der Waals surface area contributed by atoms with E-state index in [1.807, 2.05) is 49.6 Å². The van der Waals surface area contributed by atoms with Crippen LogP contribution in [0.3, 0.4) is 0 Å². The molecule has 0 radical (unpaired) electrons. The smallest absolute Gasteiger partial charge is 0.134 e. The molecule has 0 aliphatic rings. The van der Waals surface area contributed by atoms with Gasteiger partial charge in [-0.3, -0.25) is 0 Å². The van der Waals surface area contributed by atoms with E-state index in [-0.39, 0.29) is 0 Å². The molecule has 0 atom stereocenters. The lowest BCUT2D eigenvalue weighted by Crippen LogP contribution is -1.81. The summed E-state index contributed by atoms with van der Waals surface area (Å²) in [4.78, 5) is 4.32. The van der Waals surface area contributed by atoms with Gasteiger partial charge in [0.25, 0.3) is 0 Å². The normalized spacial score (nSPS) is 11.2. The lowest BCUT2D eigenvalue weighted by molar-refractivity contribution is 1.25. The Morgan fingerprint density at radius 1 is 1.29 bits per heavy atom. The molecule has 1 aromatic carbocycles. The van der Waals surface area contributed by atoms with E-state index < -0.39 is 0 Å². The molecule has 0 bridgehead atoms. The fraction of sp³-hybridized carbons (Fsp3) is 0.143. The van der Waals surface area contributed by atoms with Gasteiger partial charge in [-0.25, -0.2) is 4.98 Å². The van der Waals surface area contributed by atoms with E-state index in [1.165, 1.54) is 16.9 Å². The third-order valence-electron chi connectivity index (χ3n) is 2.36. The van der Waals surface area contributed by atoms with Gasteiger partial charge in [-0.1, -0.05) is 29.8 Å². The van der Waals surface area contributed by atoms with E-state index in [1.54, 1.807) is 0 Å². The summed E-state index contributed by atoms with van der Waals surface area (Å²) in [5.74, 6) is 0. The predicted octanol–water partition coefficient (Wildman–Crippen LogP) is 3.82. The lowest BCUT2D eigenvalue weighted by atomic mass is 10.1. The van der Waals surface area contributed by atoms with E-state index in [0.29, 0.717) is 5.57 Å². The third kappa shape index (κ3) is 2.80. The molecular weight excluding hydrogens is 228 g/mol. The molecule has 0 amide bonds. The first-order chi connectivity index (χ1) is 8.19. The van der Waals surface area contributed by atoms with Crippen LogP contribution in [-0.2, 0) is 0 Å². The fourth-order valence-electron chi connectivity index (χ4n) is 1.45. The number of aryl methyl sites for hydroxylation is 2. The molecular formula is C14H12N2S. The van der Waals surface area contributed by atoms with Crippen molar-refractivity contribution in [3.8, 4) is 6.07 Å². The second kappa shape index (κ2) is 4.94. The number of hydrogen-bond acceptors (Lipinski definition) is 3. The lowest BCUT2D eigenvalue weighted by Gasteiger charge is -1.96. The Labute approximate surface area is 105 Å². The van der Waals surface area contributed by atoms with Crippen LogP contribution in [0, 0.1) is 25.2 Å². The minimum atomic E-state index is 0.618. The Kier molecular flexibility index (Phi) is 3.36. The molecule has 2 rings (SSSR count). The Morgan fingerprint density at radius 2 is 2.00 bits per heavy atom. The summed E-state index contributed by atoms with van der Waals surface area (Å²) < 4.78 is 0. The van der Waals surface area contributed by atoms with Crippen molar-refractivity contribution in [2.45, 2.75) is 13.8 Å². The van der Waals surface area contributed by atoms with Gasteiger partial charge in [0.15, 0.2) is 0 Å². The number of allylic oxidation sites excluding steroid dienone is 1. The zero-order valence-corrected chi connectivity index (χ0v) is 10.6. The van der Waals surface area contributed by atoms with Gasteiger partial charge < -0.3 is 0 Å². The van der Waals surface area contributed by atoms with Crippen molar-refractivity contribution in [2.24, 2.45) is 0 Å². The number of nitrogens with zero attached hydrogens (tertiary/aromatic N) is 2. The summed E-state index contributed by atoms with van der Waals surface area (Å²) in [6.07, 6.45) is 1.87. The van der Waals surface area contributed by atoms with Crippen LogP contribution in [0.1, 0.15) is 21.8 Å². The summed E-state index contributed by atoms with van der Waals surface area (Å²) in [6.45, 7) is 3.98. The predicted molar refractivity (Wildman–Crippen MR) is 71.5 cm³/mol. The molecule has 84 valence electrons. The minimum Gasteiger partial charge on any atom is -0.241 e. The molecule has 17 heavy (non-hydrogen) atoms. The monoisotopic (exact) mass is 240 g/mol. The number of thiazole rings is 1. The number of aromatic nitrogens is 1. The van der Waals surface area contributed by atoms with Crippen molar-refractivity contribution >= 4 is 23.0 Å². The van der Waals surface area contributed by atoms with Crippen molar-refractivity contribution < 1.29 is 0 Å². The van der Waals surface area contributed by atoms with Crippen molar-refractivity contribution in [3.05, 3.63) is 51.5 Å². The standard InChI is InChI=1S/C14H12N2S/c1-10-3-5-12(6-4-10)7-13(8-15)14-16-11(2)9-17-14/h3-7,9H,1-2H3. The molecule has 2 nitrogen and oxygen atoms in total. The first-order valence-electron chi connectivity index (χ1n) is 5.30. The maximum Gasteiger partial charge on any atom is 0.134 e. The van der Waals surface area contributed by atoms with Gasteiger partial charge in [0.2, 0.25) is 0 Å². The zero-order valence-electron chi connectivity index (χ0n) is 9.77. The summed E-state index contributed by atoms with van der Waals surface area (Å²) >= 11 is 1.50. The van der Waals surface area contributed by atoms with Crippen molar-refractivity contribution in [2.75, 3.05) is 0 Å². The highest BCUT2D eigenvalue weighted by Crippen LogP contribution is 2.21. The van der Waals surface area contributed by atoms with Gasteiger partial charge in [-0.05, 0) is 25.5 Å². The summed E-state index contributed by atoms with van der Waals surface area (Å²) in [5.41, 5.74) is 3.81. The van der Waals surface area contributed by atoms with Crippen LogP contribution in [0.15, 0.2) is 29.6 Å². The van der Waals surface area contributed by atoms with Gasteiger partial charge in [-0.15, -0.1) is 11.3 Å². The van der Waals surface area contributed by atoms with Crippen molar-refractivity contribution in [1.82, 2.24) is 4.98 Å². The highest BCUT2D eigenvalue weighted by atomic mass is 32.1. The maximum absolute atomic E-state index is 9.15. The molecule has 3 heteroatoms. The second-order valence-corrected chi connectivity index (χ2v) is 4.73. The second-order valence-electron chi connectivity index (χ2n) is 3.87. The maximum atomic E-state index is 9.15. The van der Waals surface area contributed by atoms with Crippen molar-refractivity contribution in [3.63, 3.8) is 0 Å². The molecule has 1 heterocycles. The van der Waals surface area contributed by atoms with Crippen LogP contribution in [0.2, 0.25) is 0 Å². The van der Waals surface area contributed by atoms with Crippen LogP contribution in [0.4, 0.5) is 0 Å². The minimum absolute atomic E-state index is 0.618. The highest BCUT2D eigenvalue weighted by Gasteiger charge is 2.05. The van der Waals surface area contributed by atoms with Gasteiger partial charge in [0.05, 0.1) is 5.57 Å². The van der Waals surface area contributed by atoms with Crippen molar-refractivity contribution in [1.29, 1.82) is 5.26 Å². The van der Waals surface area contributed by atoms with Gasteiger partial charge >= 0.3 is 0 Å². The first-order valence-corrected chi connectivity index (χ1v) is 6.18. The zero-order chi connectivity index (χ0) is 12.3. The summed E-state index contributed by atoms with van der Waals surface area (Å²) in [7, 11) is 0. The van der Waals surface area contributed by atoms with Crippen LogP contribution in [0.5, 0.6) is 0 Å². The molecule has 0 spiro atoms. The Morgan fingerprint density at radius 3 is 2.53 bits per heavy atom. The average Bonchev–Trinajstić information content (AvgIpc) is 2.75. The molecule has 0 fully saturated rings. The quantitative estimate of drug-likeness (QED) is 0.748. The highest BCUT2D eigenvalue weighted by molar-refractivity contribution is 7.11. The van der Waals surface area contributed by atoms with Gasteiger partial charge in [0.1, 0.15) is 11.1 Å². The van der Waals surface area contributed by atoms with Crippen LogP contribution in [-0.4, -0.2) is 4.98 Å². The number of rotatable bonds is 2. The van der Waals surface area contributed by atoms with E-state index in [2.05, 4.69) is 11.1 Å². The van der Waals surface area contributed by atoms with Gasteiger partial charge in [-0.2, -0.15) is 5.26 Å². The Balaban J connectivity index is 2.36. The van der Waals surface area contributed by atoms with E-state index in [4.69, 9.17) is 5.26 Å². The molecule has 0 saturated heterocycles. The van der Waals surface area contributed by atoms with E-state index in [0.717, 1.165) is 16.3 Å².